The quantitative estimate of drug-likeness (QED) is 0.539. The van der Waals surface area contributed by atoms with Crippen LogP contribution in [0.4, 0.5) is 0 Å². The zero-order chi connectivity index (χ0) is 14.8. The predicted octanol–water partition coefficient (Wildman–Crippen LogP) is 3.45. The Morgan fingerprint density at radius 3 is 2.55 bits per heavy atom. The first-order chi connectivity index (χ1) is 9.71. The van der Waals surface area contributed by atoms with Crippen LogP contribution in [0.15, 0.2) is 24.3 Å². The van der Waals surface area contributed by atoms with Crippen molar-refractivity contribution >= 4 is 12.0 Å². The van der Waals surface area contributed by atoms with Crippen LogP contribution >= 0.6 is 0 Å². The van der Waals surface area contributed by atoms with Gasteiger partial charge in [-0.1, -0.05) is 6.92 Å². The molecule has 0 aliphatic carbocycles. The third kappa shape index (κ3) is 5.34. The van der Waals surface area contributed by atoms with Crippen molar-refractivity contribution in [2.24, 2.45) is 0 Å². The van der Waals surface area contributed by atoms with E-state index in [1.807, 2.05) is 39.0 Å². The Hall–Kier alpha value is -1.97. The monoisotopic (exact) mass is 278 g/mol. The summed E-state index contributed by atoms with van der Waals surface area (Å²) in [6.07, 6.45) is 3.90. The SMILES string of the molecule is CCCOC(=O)C=Cc1cc(OCC)ccc1OCC. The molecule has 0 unspecified atom stereocenters. The van der Waals surface area contributed by atoms with Gasteiger partial charge in [0.1, 0.15) is 11.5 Å². The zero-order valence-corrected chi connectivity index (χ0v) is 12.3. The summed E-state index contributed by atoms with van der Waals surface area (Å²) in [5.74, 6) is 1.11. The second-order valence-electron chi connectivity index (χ2n) is 4.07. The smallest absolute Gasteiger partial charge is 0.330 e. The van der Waals surface area contributed by atoms with Gasteiger partial charge in [-0.3, -0.25) is 0 Å². The molecule has 0 heterocycles. The van der Waals surface area contributed by atoms with Crippen LogP contribution in [0.25, 0.3) is 6.08 Å². The molecule has 0 aliphatic rings. The molecule has 0 saturated heterocycles. The van der Waals surface area contributed by atoms with Gasteiger partial charge in [0, 0.05) is 11.6 Å². The van der Waals surface area contributed by atoms with Crippen LogP contribution in [0.1, 0.15) is 32.8 Å². The number of carbonyl (C=O) groups is 1. The number of benzene rings is 1. The van der Waals surface area contributed by atoms with Crippen molar-refractivity contribution in [1.82, 2.24) is 0 Å². The van der Waals surface area contributed by atoms with Gasteiger partial charge in [-0.05, 0) is 44.5 Å². The van der Waals surface area contributed by atoms with E-state index in [4.69, 9.17) is 14.2 Å². The molecule has 20 heavy (non-hydrogen) atoms. The van der Waals surface area contributed by atoms with Crippen molar-refractivity contribution in [3.63, 3.8) is 0 Å². The van der Waals surface area contributed by atoms with Crippen molar-refractivity contribution < 1.29 is 19.0 Å². The normalized spacial score (nSPS) is 10.6. The van der Waals surface area contributed by atoms with Gasteiger partial charge < -0.3 is 14.2 Å². The number of carbonyl (C=O) groups excluding carboxylic acids is 1. The molecule has 4 heteroatoms. The first-order valence-corrected chi connectivity index (χ1v) is 6.95. The number of esters is 1. The van der Waals surface area contributed by atoms with Crippen LogP contribution < -0.4 is 9.47 Å². The van der Waals surface area contributed by atoms with Gasteiger partial charge in [0.05, 0.1) is 19.8 Å². The Labute approximate surface area is 120 Å². The Morgan fingerprint density at radius 1 is 1.15 bits per heavy atom. The highest BCUT2D eigenvalue weighted by molar-refractivity contribution is 5.87. The van der Waals surface area contributed by atoms with Gasteiger partial charge in [0.25, 0.3) is 0 Å². The number of hydrogen-bond donors (Lipinski definition) is 0. The van der Waals surface area contributed by atoms with Crippen LogP contribution in [0.2, 0.25) is 0 Å². The van der Waals surface area contributed by atoms with E-state index >= 15 is 0 Å². The molecule has 0 N–H and O–H groups in total. The molecular weight excluding hydrogens is 256 g/mol. The van der Waals surface area contributed by atoms with E-state index in [1.165, 1.54) is 6.08 Å². The van der Waals surface area contributed by atoms with E-state index in [0.29, 0.717) is 19.8 Å². The minimum atomic E-state index is -0.351. The summed E-state index contributed by atoms with van der Waals surface area (Å²) in [6, 6.07) is 5.53. The standard InChI is InChI=1S/C16H22O4/c1-4-11-20-16(17)10-7-13-12-14(18-5-2)8-9-15(13)19-6-3/h7-10,12H,4-6,11H2,1-3H3. The van der Waals surface area contributed by atoms with E-state index in [1.54, 1.807) is 6.08 Å². The topological polar surface area (TPSA) is 44.8 Å². The summed E-state index contributed by atoms with van der Waals surface area (Å²) in [6.45, 7) is 7.38. The summed E-state index contributed by atoms with van der Waals surface area (Å²) in [7, 11) is 0. The molecule has 0 amide bonds. The molecule has 0 aromatic heterocycles. The molecule has 0 aliphatic heterocycles. The largest absolute Gasteiger partial charge is 0.494 e. The van der Waals surface area contributed by atoms with Crippen molar-refractivity contribution in [2.75, 3.05) is 19.8 Å². The molecule has 1 rings (SSSR count). The highest BCUT2D eigenvalue weighted by Gasteiger charge is 2.04. The lowest BCUT2D eigenvalue weighted by Crippen LogP contribution is -2.01. The first-order valence-electron chi connectivity index (χ1n) is 6.95. The van der Waals surface area contributed by atoms with Crippen LogP contribution in [0.5, 0.6) is 11.5 Å². The molecule has 0 saturated carbocycles. The lowest BCUT2D eigenvalue weighted by atomic mass is 10.1. The lowest BCUT2D eigenvalue weighted by Gasteiger charge is -2.10. The molecule has 0 atom stereocenters. The van der Waals surface area contributed by atoms with Crippen LogP contribution in [0, 0.1) is 0 Å². The van der Waals surface area contributed by atoms with Crippen LogP contribution in [-0.2, 0) is 9.53 Å². The van der Waals surface area contributed by atoms with Gasteiger partial charge in [0.2, 0.25) is 0 Å². The van der Waals surface area contributed by atoms with E-state index in [9.17, 15) is 4.79 Å². The fraction of sp³-hybridized carbons (Fsp3) is 0.438. The summed E-state index contributed by atoms with van der Waals surface area (Å²) in [5.41, 5.74) is 0.797. The summed E-state index contributed by atoms with van der Waals surface area (Å²) < 4.78 is 16.0. The van der Waals surface area contributed by atoms with E-state index in [0.717, 1.165) is 23.5 Å². The molecule has 0 radical (unpaired) electrons. The van der Waals surface area contributed by atoms with E-state index < -0.39 is 0 Å². The maximum atomic E-state index is 11.5. The average molecular weight is 278 g/mol. The minimum Gasteiger partial charge on any atom is -0.494 e. The Morgan fingerprint density at radius 2 is 1.90 bits per heavy atom. The summed E-state index contributed by atoms with van der Waals surface area (Å²) >= 11 is 0. The van der Waals surface area contributed by atoms with Crippen molar-refractivity contribution in [1.29, 1.82) is 0 Å². The fourth-order valence-corrected chi connectivity index (χ4v) is 1.61. The Bertz CT molecular complexity index is 452. The average Bonchev–Trinajstić information content (AvgIpc) is 2.45. The highest BCUT2D eigenvalue weighted by Crippen LogP contribution is 2.25. The van der Waals surface area contributed by atoms with Crippen molar-refractivity contribution in [2.45, 2.75) is 27.2 Å². The maximum absolute atomic E-state index is 11.5. The van der Waals surface area contributed by atoms with Crippen molar-refractivity contribution in [3.8, 4) is 11.5 Å². The third-order valence-corrected chi connectivity index (χ3v) is 2.44. The van der Waals surface area contributed by atoms with Gasteiger partial charge >= 0.3 is 5.97 Å². The molecule has 4 nitrogen and oxygen atoms in total. The van der Waals surface area contributed by atoms with Gasteiger partial charge in [0.15, 0.2) is 0 Å². The predicted molar refractivity (Wildman–Crippen MR) is 79.1 cm³/mol. The molecule has 0 spiro atoms. The molecular formula is C16H22O4. The van der Waals surface area contributed by atoms with Crippen molar-refractivity contribution in [3.05, 3.63) is 29.8 Å². The lowest BCUT2D eigenvalue weighted by molar-refractivity contribution is -0.137. The second-order valence-corrected chi connectivity index (χ2v) is 4.07. The molecule has 1 aromatic rings. The van der Waals surface area contributed by atoms with E-state index in [2.05, 4.69) is 0 Å². The van der Waals surface area contributed by atoms with Crippen LogP contribution in [-0.4, -0.2) is 25.8 Å². The van der Waals surface area contributed by atoms with Gasteiger partial charge in [-0.15, -0.1) is 0 Å². The Balaban J connectivity index is 2.85. The second kappa shape index (κ2) is 9.02. The summed E-state index contributed by atoms with van der Waals surface area (Å²) in [5, 5.41) is 0. The maximum Gasteiger partial charge on any atom is 0.330 e. The Kier molecular flexibility index (Phi) is 7.25. The molecule has 0 bridgehead atoms. The number of ether oxygens (including phenoxy) is 3. The zero-order valence-electron chi connectivity index (χ0n) is 12.3. The molecule has 0 fully saturated rings. The minimum absolute atomic E-state index is 0.351. The number of rotatable bonds is 8. The highest BCUT2D eigenvalue weighted by atomic mass is 16.5. The third-order valence-electron chi connectivity index (χ3n) is 2.44. The fourth-order valence-electron chi connectivity index (χ4n) is 1.61. The molecule has 1 aromatic carbocycles. The number of hydrogen-bond acceptors (Lipinski definition) is 4. The molecule has 110 valence electrons. The van der Waals surface area contributed by atoms with Gasteiger partial charge in [-0.2, -0.15) is 0 Å². The van der Waals surface area contributed by atoms with Gasteiger partial charge in [-0.25, -0.2) is 4.79 Å². The van der Waals surface area contributed by atoms with E-state index in [-0.39, 0.29) is 5.97 Å². The first kappa shape index (κ1) is 16.1. The van der Waals surface area contributed by atoms with Crippen LogP contribution in [0.3, 0.4) is 0 Å². The summed E-state index contributed by atoms with van der Waals surface area (Å²) in [4.78, 5) is 11.5.